The Morgan fingerprint density at radius 2 is 1.77 bits per heavy atom. The van der Waals surface area contributed by atoms with Crippen molar-refractivity contribution in [3.05, 3.63) is 103 Å². The highest BCUT2D eigenvalue weighted by Gasteiger charge is 2.27. The van der Waals surface area contributed by atoms with Crippen LogP contribution in [0.3, 0.4) is 0 Å². The quantitative estimate of drug-likeness (QED) is 0.131. The second kappa shape index (κ2) is 22.6. The minimum atomic E-state index is -0.0858. The van der Waals surface area contributed by atoms with E-state index in [9.17, 15) is 9.59 Å². The first-order valence-electron chi connectivity index (χ1n) is 18.7. The molecule has 14 nitrogen and oxygen atoms in total. The third-order valence-electron chi connectivity index (χ3n) is 8.95. The van der Waals surface area contributed by atoms with E-state index >= 15 is 0 Å². The van der Waals surface area contributed by atoms with Crippen molar-refractivity contribution in [2.45, 2.75) is 32.4 Å². The van der Waals surface area contributed by atoms with Crippen LogP contribution in [0.5, 0.6) is 5.75 Å². The topological polar surface area (TPSA) is 186 Å². The van der Waals surface area contributed by atoms with Crippen molar-refractivity contribution in [2.24, 2.45) is 5.73 Å². The summed E-state index contributed by atoms with van der Waals surface area (Å²) >= 11 is 0. The number of carbonyl (C=O) groups is 3. The van der Waals surface area contributed by atoms with Gasteiger partial charge in [-0.05, 0) is 81.5 Å². The minimum Gasteiger partial charge on any atom is -0.485 e. The number of benzene rings is 2. The number of rotatable bonds is 8. The predicted octanol–water partition coefficient (Wildman–Crippen LogP) is 4.32. The van der Waals surface area contributed by atoms with Crippen LogP contribution in [-0.2, 0) is 25.7 Å². The summed E-state index contributed by atoms with van der Waals surface area (Å²) in [5, 5.41) is 0. The molecule has 5 heterocycles. The molecule has 1 atom stereocenters. The van der Waals surface area contributed by atoms with Gasteiger partial charge < -0.3 is 46.2 Å². The molecule has 0 spiro atoms. The van der Waals surface area contributed by atoms with Gasteiger partial charge in [-0.2, -0.15) is 0 Å². The van der Waals surface area contributed by atoms with Gasteiger partial charge in [-0.25, -0.2) is 4.98 Å². The lowest BCUT2D eigenvalue weighted by Crippen LogP contribution is -2.41. The first-order valence-corrected chi connectivity index (χ1v) is 18.7. The largest absolute Gasteiger partial charge is 0.485 e. The number of amides is 1. The number of nitrogens with two attached hydrogens (primary N) is 3. The molecule has 2 aromatic heterocycles. The van der Waals surface area contributed by atoms with Gasteiger partial charge in [0.05, 0.1) is 25.2 Å². The summed E-state index contributed by atoms with van der Waals surface area (Å²) in [7, 11) is 3.91. The molecule has 0 saturated carbocycles. The minimum absolute atomic E-state index is 0.0858. The maximum atomic E-state index is 11.9. The van der Waals surface area contributed by atoms with Crippen LogP contribution in [0.25, 0.3) is 11.1 Å². The normalized spacial score (nSPS) is 16.4. The fourth-order valence-electron chi connectivity index (χ4n) is 6.23. The van der Waals surface area contributed by atoms with Crippen molar-refractivity contribution in [1.82, 2.24) is 19.8 Å². The summed E-state index contributed by atoms with van der Waals surface area (Å²) in [5.41, 5.74) is 23.5. The van der Waals surface area contributed by atoms with Crippen LogP contribution >= 0.6 is 0 Å². The number of fused-ring (bicyclic) bond motifs is 3. The van der Waals surface area contributed by atoms with E-state index in [1.165, 1.54) is 11.6 Å². The lowest BCUT2D eigenvalue weighted by atomic mass is 9.95. The highest BCUT2D eigenvalue weighted by atomic mass is 16.5. The maximum Gasteiger partial charge on any atom is 0.227 e. The second-order valence-corrected chi connectivity index (χ2v) is 13.5. The number of allylic oxidation sites excluding steroid dienone is 1. The van der Waals surface area contributed by atoms with E-state index < -0.39 is 0 Å². The molecule has 7 rings (SSSR count). The van der Waals surface area contributed by atoms with E-state index in [2.05, 4.69) is 37.6 Å². The lowest BCUT2D eigenvalue weighted by molar-refractivity contribution is -0.117. The lowest BCUT2D eigenvalue weighted by Gasteiger charge is -2.32. The van der Waals surface area contributed by atoms with Gasteiger partial charge in [-0.3, -0.25) is 19.5 Å². The van der Waals surface area contributed by atoms with Gasteiger partial charge in [0, 0.05) is 98.8 Å². The number of nitrogens with zero attached hydrogens (tertiary/aromatic N) is 6. The zero-order chi connectivity index (χ0) is 40.3. The molecule has 56 heavy (non-hydrogen) atoms. The number of aldehydes is 2. The molecule has 0 radical (unpaired) electrons. The van der Waals surface area contributed by atoms with Crippen molar-refractivity contribution in [3.8, 4) is 16.9 Å². The average Bonchev–Trinajstić information content (AvgIpc) is 3.62. The van der Waals surface area contributed by atoms with Crippen LogP contribution in [0.4, 0.5) is 22.9 Å². The molecule has 2 fully saturated rings. The Labute approximate surface area is 329 Å². The maximum absolute atomic E-state index is 11.9. The van der Waals surface area contributed by atoms with Gasteiger partial charge >= 0.3 is 0 Å². The molecule has 2 saturated heterocycles. The first kappa shape index (κ1) is 43.1. The van der Waals surface area contributed by atoms with Crippen molar-refractivity contribution in [1.29, 1.82) is 0 Å². The third-order valence-corrected chi connectivity index (χ3v) is 8.95. The van der Waals surface area contributed by atoms with E-state index in [0.717, 1.165) is 98.1 Å². The summed E-state index contributed by atoms with van der Waals surface area (Å²) in [5.74, 6) is 1.47. The zero-order valence-corrected chi connectivity index (χ0v) is 32.6. The van der Waals surface area contributed by atoms with Crippen LogP contribution in [0.15, 0.2) is 91.4 Å². The number of nitrogen functional groups attached to an aromatic ring is 2. The monoisotopic (exact) mass is 765 g/mol. The summed E-state index contributed by atoms with van der Waals surface area (Å²) in [4.78, 5) is 47.5. The van der Waals surface area contributed by atoms with Crippen LogP contribution in [0.1, 0.15) is 37.0 Å². The van der Waals surface area contributed by atoms with Gasteiger partial charge in [0.1, 0.15) is 30.2 Å². The highest BCUT2D eigenvalue weighted by molar-refractivity contribution is 5.96. The summed E-state index contributed by atoms with van der Waals surface area (Å²) in [6, 6.07) is 19.9. The SMILES string of the molecule is CC1Oc2cc(N3CCCC3=O)ccc2-c2cnc(N)cc21.CN(C)C/C=C/C=O.NCC=O.Nc1cccc(CN2CCN(c3cccnc3)CCOC2)c1. The summed E-state index contributed by atoms with van der Waals surface area (Å²) in [6.45, 7) is 8.80. The zero-order valence-electron chi connectivity index (χ0n) is 32.6. The van der Waals surface area contributed by atoms with Gasteiger partial charge in [0.25, 0.3) is 0 Å². The number of carbonyl (C=O) groups excluding carboxylic acids is 3. The standard InChI is InChI=1S/C17H22N4O.C17H17N3O2.C6H11NO.C2H5NO/c18-16-4-1-3-15(11-16)13-20-7-8-21(9-10-22-14-20)17-5-2-6-19-12-17;1-10-13-8-16(18)19-9-14(13)12-5-4-11(7-15(12)22-10)20-6-2-3-17(20)21;1-7(2)5-3-4-6-8;3-1-2-4/h1-6,11-12H,7-10,13-14,18H2;4-5,7-10H,2-3,6H2,1H3,(H2,18,19);3-4,6H,5H2,1-2H3;2H,1,3H2/b;;4-3+;. The molecule has 0 aliphatic carbocycles. The van der Waals surface area contributed by atoms with Crippen molar-refractivity contribution < 1.29 is 23.9 Å². The smallest absolute Gasteiger partial charge is 0.227 e. The number of hydrogen-bond acceptors (Lipinski definition) is 13. The van der Waals surface area contributed by atoms with E-state index in [1.807, 2.05) is 91.6 Å². The molecule has 3 aliphatic heterocycles. The van der Waals surface area contributed by atoms with E-state index in [1.54, 1.807) is 12.4 Å². The van der Waals surface area contributed by atoms with Crippen LogP contribution in [-0.4, -0.2) is 105 Å². The summed E-state index contributed by atoms with van der Waals surface area (Å²) < 4.78 is 11.8. The molecule has 1 unspecified atom stereocenters. The summed E-state index contributed by atoms with van der Waals surface area (Å²) in [6.07, 6.45) is 11.7. The molecule has 4 aromatic rings. The van der Waals surface area contributed by atoms with Crippen LogP contribution < -0.4 is 31.7 Å². The van der Waals surface area contributed by atoms with E-state index in [4.69, 9.17) is 25.7 Å². The molecule has 0 bridgehead atoms. The Kier molecular flexibility index (Phi) is 17.4. The number of likely N-dealkylation sites (N-methyl/N-ethyl adjacent to an activating group) is 1. The highest BCUT2D eigenvalue weighted by Crippen LogP contribution is 2.44. The Balaban J connectivity index is 0.000000194. The van der Waals surface area contributed by atoms with Crippen molar-refractivity contribution in [3.63, 3.8) is 0 Å². The Hall–Kier alpha value is -5.67. The Morgan fingerprint density at radius 3 is 2.45 bits per heavy atom. The number of ether oxygens (including phenoxy) is 2. The van der Waals surface area contributed by atoms with Gasteiger partial charge in [0.2, 0.25) is 5.91 Å². The van der Waals surface area contributed by atoms with Crippen LogP contribution in [0.2, 0.25) is 0 Å². The number of pyridine rings is 2. The number of aromatic nitrogens is 2. The van der Waals surface area contributed by atoms with Gasteiger partial charge in [0.15, 0.2) is 0 Å². The molecule has 2 aromatic carbocycles. The molecular weight excluding hydrogens is 711 g/mol. The molecule has 14 heteroatoms. The molecular formula is C42H55N9O5. The van der Waals surface area contributed by atoms with Gasteiger partial charge in [-0.15, -0.1) is 0 Å². The van der Waals surface area contributed by atoms with Crippen molar-refractivity contribution in [2.75, 3.05) is 88.0 Å². The molecule has 6 N–H and O–H groups in total. The number of hydrogen-bond donors (Lipinski definition) is 3. The van der Waals surface area contributed by atoms with E-state index in [-0.39, 0.29) is 18.6 Å². The van der Waals surface area contributed by atoms with E-state index in [0.29, 0.717) is 25.3 Å². The fourth-order valence-corrected chi connectivity index (χ4v) is 6.23. The Bertz CT molecular complexity index is 1870. The molecule has 298 valence electrons. The molecule has 1 amide bonds. The molecule has 3 aliphatic rings. The number of anilines is 4. The fraction of sp³-hybridized carbons (Fsp3) is 0.357. The predicted molar refractivity (Wildman–Crippen MR) is 222 cm³/mol. The van der Waals surface area contributed by atoms with Crippen molar-refractivity contribution >= 4 is 41.4 Å². The Morgan fingerprint density at radius 1 is 0.946 bits per heavy atom. The van der Waals surface area contributed by atoms with Crippen LogP contribution in [0, 0.1) is 0 Å². The van der Waals surface area contributed by atoms with Gasteiger partial charge in [-0.1, -0.05) is 18.2 Å². The first-order chi connectivity index (χ1) is 27.1. The average molecular weight is 766 g/mol. The second-order valence-electron chi connectivity index (χ2n) is 13.5. The third kappa shape index (κ3) is 13.3.